The number of likely N-dealkylation sites (tertiary alicyclic amines) is 1. The fourth-order valence-electron chi connectivity index (χ4n) is 3.15. The Morgan fingerprint density at radius 3 is 2.58 bits per heavy atom. The highest BCUT2D eigenvalue weighted by atomic mass is 16.2. The van der Waals surface area contributed by atoms with Crippen molar-refractivity contribution in [1.82, 2.24) is 24.5 Å². The van der Waals surface area contributed by atoms with Crippen molar-refractivity contribution in [3.63, 3.8) is 0 Å². The molecule has 2 aromatic rings. The predicted molar refractivity (Wildman–Crippen MR) is 88.1 cm³/mol. The zero-order valence-corrected chi connectivity index (χ0v) is 14.0. The summed E-state index contributed by atoms with van der Waals surface area (Å²) in [6.07, 6.45) is 6.78. The number of carbonyl (C=O) groups is 2. The van der Waals surface area contributed by atoms with Gasteiger partial charge in [-0.25, -0.2) is 0 Å². The standard InChI is InChI=1S/C16H22N6O2/c1-3-14(23)21-11-6-16(7-12-21,22-9-4-8-17-22)15(24)18-13-5-10-20(2)19-13/h4-5,8-10H,3,6-7,11-12H2,1-2H3,(H,18,19,24). The molecule has 0 atom stereocenters. The van der Waals surface area contributed by atoms with Gasteiger partial charge in [-0.05, 0) is 18.9 Å². The van der Waals surface area contributed by atoms with E-state index in [0.717, 1.165) is 0 Å². The zero-order valence-electron chi connectivity index (χ0n) is 14.0. The van der Waals surface area contributed by atoms with Gasteiger partial charge in [-0.2, -0.15) is 10.2 Å². The first-order valence-electron chi connectivity index (χ1n) is 8.14. The Bertz CT molecular complexity index is 713. The second kappa shape index (κ2) is 6.46. The molecule has 2 aromatic heterocycles. The third-order valence-electron chi connectivity index (χ3n) is 4.57. The molecule has 0 saturated carbocycles. The number of carbonyl (C=O) groups excluding carboxylic acids is 2. The van der Waals surface area contributed by atoms with Crippen LogP contribution in [0.2, 0.25) is 0 Å². The van der Waals surface area contributed by atoms with Crippen LogP contribution in [0, 0.1) is 0 Å². The molecular formula is C16H22N6O2. The Morgan fingerprint density at radius 2 is 2.04 bits per heavy atom. The summed E-state index contributed by atoms with van der Waals surface area (Å²) in [5.74, 6) is 0.490. The van der Waals surface area contributed by atoms with Gasteiger partial charge in [0, 0.05) is 51.2 Å². The van der Waals surface area contributed by atoms with Crippen molar-refractivity contribution in [2.45, 2.75) is 31.7 Å². The highest BCUT2D eigenvalue weighted by Gasteiger charge is 2.44. The molecule has 2 amide bonds. The lowest BCUT2D eigenvalue weighted by atomic mass is 9.86. The van der Waals surface area contributed by atoms with Gasteiger partial charge in [-0.1, -0.05) is 6.92 Å². The summed E-state index contributed by atoms with van der Waals surface area (Å²) in [4.78, 5) is 26.8. The molecule has 8 heteroatoms. The van der Waals surface area contributed by atoms with Gasteiger partial charge in [0.1, 0.15) is 5.54 Å². The highest BCUT2D eigenvalue weighted by molar-refractivity contribution is 5.96. The normalized spacial score (nSPS) is 16.8. The van der Waals surface area contributed by atoms with Crippen molar-refractivity contribution in [2.75, 3.05) is 18.4 Å². The van der Waals surface area contributed by atoms with E-state index in [4.69, 9.17) is 0 Å². The summed E-state index contributed by atoms with van der Waals surface area (Å²) in [7, 11) is 1.80. The number of rotatable bonds is 4. The molecule has 8 nitrogen and oxygen atoms in total. The highest BCUT2D eigenvalue weighted by Crippen LogP contribution is 2.31. The van der Waals surface area contributed by atoms with Gasteiger partial charge in [-0.15, -0.1) is 0 Å². The van der Waals surface area contributed by atoms with Crippen LogP contribution in [-0.4, -0.2) is 49.4 Å². The van der Waals surface area contributed by atoms with Crippen molar-refractivity contribution in [2.24, 2.45) is 7.05 Å². The van der Waals surface area contributed by atoms with Crippen LogP contribution in [0.3, 0.4) is 0 Å². The van der Waals surface area contributed by atoms with E-state index < -0.39 is 5.54 Å². The van der Waals surface area contributed by atoms with Gasteiger partial charge in [-0.3, -0.25) is 19.0 Å². The molecule has 1 N–H and O–H groups in total. The van der Waals surface area contributed by atoms with E-state index in [-0.39, 0.29) is 11.8 Å². The van der Waals surface area contributed by atoms with E-state index in [1.54, 1.807) is 47.1 Å². The van der Waals surface area contributed by atoms with Crippen molar-refractivity contribution in [3.8, 4) is 0 Å². The smallest absolute Gasteiger partial charge is 0.253 e. The fourth-order valence-corrected chi connectivity index (χ4v) is 3.15. The lowest BCUT2D eigenvalue weighted by Gasteiger charge is -2.40. The minimum Gasteiger partial charge on any atom is -0.342 e. The minimum atomic E-state index is -0.800. The molecule has 1 aliphatic rings. The molecule has 0 unspecified atom stereocenters. The molecule has 3 rings (SSSR count). The molecule has 128 valence electrons. The van der Waals surface area contributed by atoms with E-state index in [1.165, 1.54) is 0 Å². The summed E-state index contributed by atoms with van der Waals surface area (Å²) in [5.41, 5.74) is -0.800. The molecule has 1 aliphatic heterocycles. The summed E-state index contributed by atoms with van der Waals surface area (Å²) in [6.45, 7) is 2.94. The van der Waals surface area contributed by atoms with E-state index in [1.807, 2.05) is 11.8 Å². The maximum Gasteiger partial charge on any atom is 0.253 e. The van der Waals surface area contributed by atoms with Crippen LogP contribution < -0.4 is 5.32 Å². The zero-order chi connectivity index (χ0) is 17.2. The van der Waals surface area contributed by atoms with Crippen LogP contribution in [0.5, 0.6) is 0 Å². The average Bonchev–Trinajstić information content (AvgIpc) is 3.26. The van der Waals surface area contributed by atoms with Crippen LogP contribution in [0.4, 0.5) is 5.82 Å². The van der Waals surface area contributed by atoms with Crippen LogP contribution >= 0.6 is 0 Å². The quantitative estimate of drug-likeness (QED) is 0.906. The number of nitrogens with zero attached hydrogens (tertiary/aromatic N) is 5. The number of piperidine rings is 1. The van der Waals surface area contributed by atoms with Crippen LogP contribution in [0.25, 0.3) is 0 Å². The molecule has 0 spiro atoms. The molecule has 1 fully saturated rings. The Morgan fingerprint density at radius 1 is 1.29 bits per heavy atom. The number of amides is 2. The molecule has 1 saturated heterocycles. The molecule has 0 radical (unpaired) electrons. The number of anilines is 1. The lowest BCUT2D eigenvalue weighted by molar-refractivity contribution is -0.137. The third-order valence-corrected chi connectivity index (χ3v) is 4.57. The Labute approximate surface area is 140 Å². The lowest BCUT2D eigenvalue weighted by Crippen LogP contribution is -2.54. The number of nitrogens with one attached hydrogen (secondary N) is 1. The number of aryl methyl sites for hydroxylation is 1. The van der Waals surface area contributed by atoms with Crippen molar-refractivity contribution < 1.29 is 9.59 Å². The van der Waals surface area contributed by atoms with Crippen LogP contribution in [0.1, 0.15) is 26.2 Å². The monoisotopic (exact) mass is 330 g/mol. The summed E-state index contributed by atoms with van der Waals surface area (Å²) in [5, 5.41) is 11.4. The molecular weight excluding hydrogens is 308 g/mol. The van der Waals surface area contributed by atoms with E-state index >= 15 is 0 Å². The van der Waals surface area contributed by atoms with Crippen LogP contribution in [0.15, 0.2) is 30.7 Å². The van der Waals surface area contributed by atoms with Gasteiger partial charge in [0.15, 0.2) is 5.82 Å². The van der Waals surface area contributed by atoms with Gasteiger partial charge in [0.2, 0.25) is 5.91 Å². The topological polar surface area (TPSA) is 85.0 Å². The second-order valence-corrected chi connectivity index (χ2v) is 6.05. The van der Waals surface area contributed by atoms with Gasteiger partial charge in [0.05, 0.1) is 0 Å². The molecule has 24 heavy (non-hydrogen) atoms. The van der Waals surface area contributed by atoms with E-state index in [0.29, 0.717) is 38.2 Å². The SMILES string of the molecule is CCC(=O)N1CCC(C(=O)Nc2ccn(C)n2)(n2cccn2)CC1. The largest absolute Gasteiger partial charge is 0.342 e. The first-order chi connectivity index (χ1) is 11.5. The van der Waals surface area contributed by atoms with E-state index in [2.05, 4.69) is 15.5 Å². The second-order valence-electron chi connectivity index (χ2n) is 6.05. The molecule has 0 aromatic carbocycles. The first kappa shape index (κ1) is 16.2. The van der Waals surface area contributed by atoms with Crippen LogP contribution in [-0.2, 0) is 22.2 Å². The summed E-state index contributed by atoms with van der Waals surface area (Å²) < 4.78 is 3.34. The van der Waals surface area contributed by atoms with Crippen molar-refractivity contribution in [1.29, 1.82) is 0 Å². The summed E-state index contributed by atoms with van der Waals surface area (Å²) >= 11 is 0. The average molecular weight is 330 g/mol. The predicted octanol–water partition coefficient (Wildman–Crippen LogP) is 0.983. The number of hydrogen-bond donors (Lipinski definition) is 1. The number of aromatic nitrogens is 4. The van der Waals surface area contributed by atoms with Gasteiger partial charge >= 0.3 is 0 Å². The molecule has 0 bridgehead atoms. The summed E-state index contributed by atoms with van der Waals surface area (Å²) in [6, 6.07) is 3.56. The Kier molecular flexibility index (Phi) is 4.37. The minimum absolute atomic E-state index is 0.120. The molecule has 0 aliphatic carbocycles. The third kappa shape index (κ3) is 2.91. The van der Waals surface area contributed by atoms with Crippen molar-refractivity contribution in [3.05, 3.63) is 30.7 Å². The first-order valence-corrected chi connectivity index (χ1v) is 8.14. The number of hydrogen-bond acceptors (Lipinski definition) is 4. The maximum absolute atomic E-state index is 13.0. The van der Waals surface area contributed by atoms with E-state index in [9.17, 15) is 9.59 Å². The van der Waals surface area contributed by atoms with Crippen molar-refractivity contribution >= 4 is 17.6 Å². The maximum atomic E-state index is 13.0. The van der Waals surface area contributed by atoms with Gasteiger partial charge in [0.25, 0.3) is 5.91 Å². The fraction of sp³-hybridized carbons (Fsp3) is 0.500. The van der Waals surface area contributed by atoms with Gasteiger partial charge < -0.3 is 10.2 Å². The Hall–Kier alpha value is -2.64. The Balaban J connectivity index is 1.82. The molecule has 3 heterocycles.